The van der Waals surface area contributed by atoms with Crippen molar-refractivity contribution in [3.63, 3.8) is 0 Å². The Labute approximate surface area is 100 Å². The van der Waals surface area contributed by atoms with E-state index in [1.54, 1.807) is 0 Å². The van der Waals surface area contributed by atoms with Gasteiger partial charge in [-0.05, 0) is 12.1 Å². The van der Waals surface area contributed by atoms with Crippen molar-refractivity contribution in [2.75, 3.05) is 23.7 Å². The number of nitrogens with zero attached hydrogens (tertiary/aromatic N) is 2. The second-order valence-corrected chi connectivity index (χ2v) is 4.12. The van der Waals surface area contributed by atoms with Gasteiger partial charge in [-0.1, -0.05) is 6.07 Å². The quantitative estimate of drug-likeness (QED) is 0.503. The molecule has 1 aromatic rings. The average molecular weight is 261 g/mol. The van der Waals surface area contributed by atoms with Crippen molar-refractivity contribution < 1.29 is 18.1 Å². The first-order valence-corrected chi connectivity index (χ1v) is 5.15. The van der Waals surface area contributed by atoms with E-state index in [2.05, 4.69) is 0 Å². The van der Waals surface area contributed by atoms with E-state index in [9.17, 15) is 23.3 Å². The monoisotopic (exact) mass is 261 g/mol. The van der Waals surface area contributed by atoms with Crippen LogP contribution in [0.1, 0.15) is 0 Å². The molecular weight excluding hydrogens is 251 g/mol. The molecule has 1 aliphatic heterocycles. The number of para-hydroxylation sites is 1. The van der Waals surface area contributed by atoms with Gasteiger partial charge in [-0.3, -0.25) is 10.1 Å². The van der Waals surface area contributed by atoms with Crippen molar-refractivity contribution in [1.82, 2.24) is 0 Å². The summed E-state index contributed by atoms with van der Waals surface area (Å²) in [6.07, 6.45) is -4.26. The minimum Gasteiger partial charge on any atom is -0.393 e. The summed E-state index contributed by atoms with van der Waals surface area (Å²) in [4.78, 5) is 11.5. The van der Waals surface area contributed by atoms with Crippen LogP contribution in [0.25, 0.3) is 0 Å². The summed E-state index contributed by atoms with van der Waals surface area (Å²) in [6.45, 7) is -0.540. The third-order valence-electron chi connectivity index (χ3n) is 2.91. The molecule has 1 saturated heterocycles. The summed E-state index contributed by atoms with van der Waals surface area (Å²) >= 11 is 0. The number of rotatable bonds is 2. The molecule has 0 atom stereocenters. The van der Waals surface area contributed by atoms with E-state index in [0.717, 1.165) is 0 Å². The molecule has 5 nitrogen and oxygen atoms in total. The predicted molar refractivity (Wildman–Crippen MR) is 59.3 cm³/mol. The van der Waals surface area contributed by atoms with Gasteiger partial charge in [0.05, 0.1) is 10.8 Å². The molecule has 18 heavy (non-hydrogen) atoms. The lowest BCUT2D eigenvalue weighted by atomic mass is 9.98. The van der Waals surface area contributed by atoms with Crippen LogP contribution < -0.4 is 10.6 Å². The fourth-order valence-corrected chi connectivity index (χ4v) is 1.89. The Bertz CT molecular complexity index is 484. The van der Waals surface area contributed by atoms with Gasteiger partial charge in [-0.15, -0.1) is 0 Å². The normalized spacial score (nSPS) is 16.5. The second-order valence-electron chi connectivity index (χ2n) is 4.12. The maximum atomic E-state index is 12.3. The van der Waals surface area contributed by atoms with Gasteiger partial charge < -0.3 is 10.6 Å². The Morgan fingerprint density at radius 2 is 2.00 bits per heavy atom. The summed E-state index contributed by atoms with van der Waals surface area (Å²) in [5, 5.41) is 10.8. The maximum absolute atomic E-state index is 12.3. The van der Waals surface area contributed by atoms with Crippen LogP contribution >= 0.6 is 0 Å². The smallest absolute Gasteiger partial charge is 0.393 e. The summed E-state index contributed by atoms with van der Waals surface area (Å²) in [6, 6.07) is 4.24. The van der Waals surface area contributed by atoms with E-state index in [4.69, 9.17) is 5.73 Å². The number of alkyl halides is 3. The number of anilines is 2. The van der Waals surface area contributed by atoms with Crippen LogP contribution in [0.2, 0.25) is 0 Å². The number of nitrogen functional groups attached to an aromatic ring is 1. The lowest BCUT2D eigenvalue weighted by molar-refractivity contribution is -0.383. The Hall–Kier alpha value is -1.99. The Morgan fingerprint density at radius 3 is 2.50 bits per heavy atom. The highest BCUT2D eigenvalue weighted by Gasteiger charge is 2.48. The van der Waals surface area contributed by atoms with Crippen LogP contribution in [0.3, 0.4) is 0 Å². The van der Waals surface area contributed by atoms with Crippen molar-refractivity contribution >= 4 is 17.1 Å². The fourth-order valence-electron chi connectivity index (χ4n) is 1.89. The zero-order valence-corrected chi connectivity index (χ0v) is 9.15. The predicted octanol–water partition coefficient (Wildman–Crippen LogP) is 2.18. The van der Waals surface area contributed by atoms with Crippen molar-refractivity contribution in [2.45, 2.75) is 6.18 Å². The number of halogens is 3. The summed E-state index contributed by atoms with van der Waals surface area (Å²) in [5.41, 5.74) is 5.22. The van der Waals surface area contributed by atoms with Crippen LogP contribution in [0, 0.1) is 16.0 Å². The minimum absolute atomic E-state index is 0.0482. The SMILES string of the molecule is Nc1cccc(N2CC(C(F)(F)F)C2)c1[N+](=O)[O-]. The Morgan fingerprint density at radius 1 is 1.39 bits per heavy atom. The molecule has 0 spiro atoms. The highest BCUT2D eigenvalue weighted by Crippen LogP contribution is 2.41. The average Bonchev–Trinajstić information content (AvgIpc) is 2.11. The van der Waals surface area contributed by atoms with E-state index in [1.807, 2.05) is 0 Å². The fraction of sp³-hybridized carbons (Fsp3) is 0.400. The second kappa shape index (κ2) is 4.04. The first-order valence-electron chi connectivity index (χ1n) is 5.15. The van der Waals surface area contributed by atoms with Crippen molar-refractivity contribution in [3.8, 4) is 0 Å². The summed E-state index contributed by atoms with van der Waals surface area (Å²) in [5.74, 6) is -1.43. The molecule has 0 aliphatic carbocycles. The zero-order valence-electron chi connectivity index (χ0n) is 9.15. The summed E-state index contributed by atoms with van der Waals surface area (Å²) < 4.78 is 37.0. The van der Waals surface area contributed by atoms with Gasteiger partial charge in [0.25, 0.3) is 0 Å². The molecule has 1 heterocycles. The summed E-state index contributed by atoms with van der Waals surface area (Å²) in [7, 11) is 0. The standard InChI is InChI=1S/C10H10F3N3O2/c11-10(12,13)6-4-15(5-6)8-3-1-2-7(14)9(8)16(17)18/h1-3,6H,4-5,14H2. The zero-order chi connectivity index (χ0) is 13.5. The number of nitro groups is 1. The lowest BCUT2D eigenvalue weighted by Gasteiger charge is -2.41. The first kappa shape index (κ1) is 12.5. The van der Waals surface area contributed by atoms with E-state index in [-0.39, 0.29) is 30.2 Å². The van der Waals surface area contributed by atoms with Gasteiger partial charge >= 0.3 is 11.9 Å². The van der Waals surface area contributed by atoms with E-state index >= 15 is 0 Å². The molecule has 1 aliphatic rings. The van der Waals surface area contributed by atoms with Crippen molar-refractivity contribution in [1.29, 1.82) is 0 Å². The molecule has 2 N–H and O–H groups in total. The van der Waals surface area contributed by atoms with Gasteiger partial charge in [0.1, 0.15) is 11.4 Å². The molecule has 0 radical (unpaired) electrons. The van der Waals surface area contributed by atoms with E-state index in [0.29, 0.717) is 0 Å². The highest BCUT2D eigenvalue weighted by molar-refractivity contribution is 5.76. The number of nitro benzene ring substituents is 1. The van der Waals surface area contributed by atoms with Crippen LogP contribution in [0.4, 0.5) is 30.2 Å². The Kier molecular flexibility index (Phi) is 2.80. The van der Waals surface area contributed by atoms with Crippen LogP contribution in [-0.4, -0.2) is 24.2 Å². The molecular formula is C10H10F3N3O2. The van der Waals surface area contributed by atoms with Gasteiger partial charge in [-0.2, -0.15) is 13.2 Å². The maximum Gasteiger partial charge on any atom is 0.395 e. The molecule has 1 fully saturated rings. The number of benzene rings is 1. The van der Waals surface area contributed by atoms with Crippen LogP contribution in [-0.2, 0) is 0 Å². The molecule has 1 aromatic carbocycles. The molecule has 0 saturated carbocycles. The molecule has 2 rings (SSSR count). The topological polar surface area (TPSA) is 72.4 Å². The van der Waals surface area contributed by atoms with Gasteiger partial charge in [-0.25, -0.2) is 0 Å². The van der Waals surface area contributed by atoms with Crippen molar-refractivity contribution in [2.24, 2.45) is 5.92 Å². The van der Waals surface area contributed by atoms with Gasteiger partial charge in [0.2, 0.25) is 0 Å². The Balaban J connectivity index is 2.22. The van der Waals surface area contributed by atoms with Crippen LogP contribution in [0.15, 0.2) is 18.2 Å². The molecule has 0 bridgehead atoms. The van der Waals surface area contributed by atoms with Crippen LogP contribution in [0.5, 0.6) is 0 Å². The third-order valence-corrected chi connectivity index (χ3v) is 2.91. The van der Waals surface area contributed by atoms with E-state index < -0.39 is 17.0 Å². The van der Waals surface area contributed by atoms with Crippen molar-refractivity contribution in [3.05, 3.63) is 28.3 Å². The number of hydrogen-bond donors (Lipinski definition) is 1. The molecule has 8 heteroatoms. The third kappa shape index (κ3) is 2.05. The molecule has 0 aromatic heterocycles. The van der Waals surface area contributed by atoms with Gasteiger partial charge in [0, 0.05) is 13.1 Å². The van der Waals surface area contributed by atoms with Gasteiger partial charge in [0.15, 0.2) is 0 Å². The molecule has 0 unspecified atom stereocenters. The number of nitrogens with two attached hydrogens (primary N) is 1. The number of hydrogen-bond acceptors (Lipinski definition) is 4. The lowest BCUT2D eigenvalue weighted by Crippen LogP contribution is -2.53. The van der Waals surface area contributed by atoms with E-state index in [1.165, 1.54) is 23.1 Å². The highest BCUT2D eigenvalue weighted by atomic mass is 19.4. The largest absolute Gasteiger partial charge is 0.395 e. The molecule has 98 valence electrons. The molecule has 0 amide bonds. The minimum atomic E-state index is -4.26. The first-order chi connectivity index (χ1) is 8.30.